The van der Waals surface area contributed by atoms with Crippen LogP contribution < -0.4 is 0 Å². The van der Waals surface area contributed by atoms with E-state index in [1.165, 1.54) is 0 Å². The third-order valence-corrected chi connectivity index (χ3v) is 2.07. The molecule has 3 nitrogen and oxygen atoms in total. The van der Waals surface area contributed by atoms with Crippen LogP contribution in [0.4, 0.5) is 0 Å². The van der Waals surface area contributed by atoms with Crippen molar-refractivity contribution >= 4 is 12.3 Å². The number of aldehydes is 1. The van der Waals surface area contributed by atoms with Crippen molar-refractivity contribution in [3.63, 3.8) is 0 Å². The molecule has 1 aliphatic heterocycles. The van der Waals surface area contributed by atoms with E-state index in [1.807, 2.05) is 6.92 Å². The van der Waals surface area contributed by atoms with E-state index in [1.54, 1.807) is 0 Å². The Kier molecular flexibility index (Phi) is 3.26. The van der Waals surface area contributed by atoms with Crippen LogP contribution in [0.5, 0.6) is 0 Å². The Morgan fingerprint density at radius 3 is 3.08 bits per heavy atom. The summed E-state index contributed by atoms with van der Waals surface area (Å²) in [4.78, 5) is 21.2. The van der Waals surface area contributed by atoms with Gasteiger partial charge >= 0.3 is 5.97 Å². The highest BCUT2D eigenvalue weighted by molar-refractivity contribution is 5.70. The fraction of sp³-hybridized carbons (Fsp3) is 0.778. The van der Waals surface area contributed by atoms with Crippen molar-refractivity contribution in [3.05, 3.63) is 0 Å². The molecule has 1 aliphatic rings. The number of rotatable bonds is 3. The number of ether oxygens (including phenoxy) is 1. The largest absolute Gasteiger partial charge is 0.462 e. The molecule has 0 radical (unpaired) electrons. The molecule has 0 N–H and O–H groups in total. The lowest BCUT2D eigenvalue weighted by molar-refractivity contribution is -0.154. The molecule has 1 heterocycles. The molecule has 0 aromatic rings. The molecule has 0 aliphatic carbocycles. The molecule has 0 saturated carbocycles. The van der Waals surface area contributed by atoms with Crippen LogP contribution in [-0.4, -0.2) is 18.4 Å². The van der Waals surface area contributed by atoms with Gasteiger partial charge in [-0.1, -0.05) is 6.92 Å². The van der Waals surface area contributed by atoms with E-state index in [2.05, 4.69) is 0 Å². The zero-order valence-electron chi connectivity index (χ0n) is 7.29. The smallest absolute Gasteiger partial charge is 0.306 e. The first-order valence-corrected chi connectivity index (χ1v) is 4.37. The van der Waals surface area contributed by atoms with Crippen molar-refractivity contribution in [2.24, 2.45) is 5.92 Å². The van der Waals surface area contributed by atoms with Gasteiger partial charge in [0.25, 0.3) is 0 Å². The number of cyclic esters (lactones) is 1. The van der Waals surface area contributed by atoms with E-state index in [4.69, 9.17) is 4.74 Å². The summed E-state index contributed by atoms with van der Waals surface area (Å²) in [6.07, 6.45) is 3.90. The average Bonchev–Trinajstić information content (AvgIpc) is 2.04. The predicted molar refractivity (Wildman–Crippen MR) is 43.6 cm³/mol. The van der Waals surface area contributed by atoms with Crippen LogP contribution >= 0.6 is 0 Å². The van der Waals surface area contributed by atoms with E-state index in [9.17, 15) is 9.59 Å². The summed E-state index contributed by atoms with van der Waals surface area (Å²) in [5.41, 5.74) is 0. The Balaban J connectivity index is 2.31. The number of carbonyl (C=O) groups excluding carboxylic acids is 2. The summed E-state index contributed by atoms with van der Waals surface area (Å²) >= 11 is 0. The lowest BCUT2D eigenvalue weighted by Gasteiger charge is -2.22. The highest BCUT2D eigenvalue weighted by Crippen LogP contribution is 2.19. The van der Waals surface area contributed by atoms with Crippen LogP contribution in [0.25, 0.3) is 0 Å². The zero-order chi connectivity index (χ0) is 8.97. The fourth-order valence-electron chi connectivity index (χ4n) is 1.41. The van der Waals surface area contributed by atoms with Crippen molar-refractivity contribution in [3.8, 4) is 0 Å². The normalized spacial score (nSPS) is 26.1. The van der Waals surface area contributed by atoms with Gasteiger partial charge in [-0.25, -0.2) is 0 Å². The SMILES string of the molecule is CC(C=O)CC1CCCC(=O)O1. The summed E-state index contributed by atoms with van der Waals surface area (Å²) in [6, 6.07) is 0. The Bertz CT molecular complexity index is 177. The number of hydrogen-bond donors (Lipinski definition) is 0. The van der Waals surface area contributed by atoms with E-state index in [-0.39, 0.29) is 18.0 Å². The summed E-state index contributed by atoms with van der Waals surface area (Å²) in [5, 5.41) is 0. The van der Waals surface area contributed by atoms with Gasteiger partial charge in [0.05, 0.1) is 0 Å². The second-order valence-corrected chi connectivity index (χ2v) is 3.35. The van der Waals surface area contributed by atoms with Crippen molar-refractivity contribution in [2.45, 2.75) is 38.7 Å². The average molecular weight is 170 g/mol. The van der Waals surface area contributed by atoms with Gasteiger partial charge in [0.1, 0.15) is 12.4 Å². The van der Waals surface area contributed by atoms with Crippen LogP contribution in [-0.2, 0) is 14.3 Å². The van der Waals surface area contributed by atoms with Crippen molar-refractivity contribution in [1.82, 2.24) is 0 Å². The number of carbonyl (C=O) groups is 2. The topological polar surface area (TPSA) is 43.4 Å². The first-order valence-electron chi connectivity index (χ1n) is 4.37. The van der Waals surface area contributed by atoms with E-state index >= 15 is 0 Å². The lowest BCUT2D eigenvalue weighted by Crippen LogP contribution is -2.25. The van der Waals surface area contributed by atoms with Crippen molar-refractivity contribution in [1.29, 1.82) is 0 Å². The van der Waals surface area contributed by atoms with Crippen molar-refractivity contribution in [2.75, 3.05) is 0 Å². The maximum absolute atomic E-state index is 10.8. The predicted octanol–water partition coefficient (Wildman–Crippen LogP) is 1.31. The maximum Gasteiger partial charge on any atom is 0.306 e. The maximum atomic E-state index is 10.8. The summed E-state index contributed by atoms with van der Waals surface area (Å²) in [6.45, 7) is 1.84. The molecule has 12 heavy (non-hydrogen) atoms. The lowest BCUT2D eigenvalue weighted by atomic mass is 9.99. The Morgan fingerprint density at radius 2 is 2.50 bits per heavy atom. The fourth-order valence-corrected chi connectivity index (χ4v) is 1.41. The Labute approximate surface area is 72.1 Å². The van der Waals surface area contributed by atoms with Gasteiger partial charge in [0.2, 0.25) is 0 Å². The van der Waals surface area contributed by atoms with Crippen LogP contribution in [0.15, 0.2) is 0 Å². The minimum Gasteiger partial charge on any atom is -0.462 e. The molecule has 1 rings (SSSR count). The second-order valence-electron chi connectivity index (χ2n) is 3.35. The van der Waals surface area contributed by atoms with Gasteiger partial charge in [-0.15, -0.1) is 0 Å². The molecule has 0 bridgehead atoms. The van der Waals surface area contributed by atoms with Crippen LogP contribution in [0, 0.1) is 5.92 Å². The van der Waals surface area contributed by atoms with Gasteiger partial charge in [0, 0.05) is 12.3 Å². The monoisotopic (exact) mass is 170 g/mol. The summed E-state index contributed by atoms with van der Waals surface area (Å²) < 4.78 is 5.06. The van der Waals surface area contributed by atoms with Gasteiger partial charge in [-0.2, -0.15) is 0 Å². The van der Waals surface area contributed by atoms with Crippen molar-refractivity contribution < 1.29 is 14.3 Å². The second kappa shape index (κ2) is 4.24. The van der Waals surface area contributed by atoms with E-state index in [0.717, 1.165) is 19.1 Å². The highest BCUT2D eigenvalue weighted by atomic mass is 16.5. The molecule has 2 unspecified atom stereocenters. The third-order valence-electron chi connectivity index (χ3n) is 2.07. The van der Waals surface area contributed by atoms with Crippen LogP contribution in [0.3, 0.4) is 0 Å². The standard InChI is InChI=1S/C9H14O3/c1-7(6-10)5-8-3-2-4-9(11)12-8/h6-8H,2-5H2,1H3. The van der Waals surface area contributed by atoms with Gasteiger partial charge in [0.15, 0.2) is 0 Å². The number of hydrogen-bond acceptors (Lipinski definition) is 3. The molecular weight excluding hydrogens is 156 g/mol. The minimum atomic E-state index is -0.121. The Morgan fingerprint density at radius 1 is 1.75 bits per heavy atom. The summed E-state index contributed by atoms with van der Waals surface area (Å²) in [5.74, 6) is -0.120. The van der Waals surface area contributed by atoms with E-state index in [0.29, 0.717) is 12.8 Å². The Hall–Kier alpha value is -0.860. The summed E-state index contributed by atoms with van der Waals surface area (Å²) in [7, 11) is 0. The molecule has 0 amide bonds. The molecule has 2 atom stereocenters. The molecule has 0 aromatic heterocycles. The molecule has 0 spiro atoms. The molecule has 68 valence electrons. The van der Waals surface area contributed by atoms with Crippen LogP contribution in [0.2, 0.25) is 0 Å². The first-order chi connectivity index (χ1) is 5.72. The minimum absolute atomic E-state index is 0.000833. The zero-order valence-corrected chi connectivity index (χ0v) is 7.29. The third kappa shape index (κ3) is 2.64. The number of esters is 1. The van der Waals surface area contributed by atoms with E-state index < -0.39 is 0 Å². The molecular formula is C9H14O3. The van der Waals surface area contributed by atoms with Gasteiger partial charge < -0.3 is 9.53 Å². The molecule has 0 aromatic carbocycles. The quantitative estimate of drug-likeness (QED) is 0.473. The van der Waals surface area contributed by atoms with Crippen LogP contribution in [0.1, 0.15) is 32.6 Å². The molecule has 1 saturated heterocycles. The van der Waals surface area contributed by atoms with Gasteiger partial charge in [-0.05, 0) is 19.3 Å². The highest BCUT2D eigenvalue weighted by Gasteiger charge is 2.21. The molecule has 3 heteroatoms. The molecule has 1 fully saturated rings. The van der Waals surface area contributed by atoms with Gasteiger partial charge in [-0.3, -0.25) is 4.79 Å². The first kappa shape index (κ1) is 9.23.